The van der Waals surface area contributed by atoms with E-state index in [1.807, 2.05) is 6.92 Å². The van der Waals surface area contributed by atoms with Crippen LogP contribution in [0.5, 0.6) is 0 Å². The minimum atomic E-state index is -0.159. The predicted molar refractivity (Wildman–Crippen MR) is 63.6 cm³/mol. The number of allylic oxidation sites excluding steroid dienone is 1. The van der Waals surface area contributed by atoms with Gasteiger partial charge in [0.2, 0.25) is 0 Å². The predicted octanol–water partition coefficient (Wildman–Crippen LogP) is 2.81. The SMILES string of the molecule is C=C(CC)NC(=O)c1cc(Br)cnc1C. The maximum absolute atomic E-state index is 11.8. The van der Waals surface area contributed by atoms with E-state index in [9.17, 15) is 4.79 Å². The number of amides is 1. The molecule has 4 heteroatoms. The Kier molecular flexibility index (Phi) is 4.03. The van der Waals surface area contributed by atoms with E-state index in [0.717, 1.165) is 10.9 Å². The van der Waals surface area contributed by atoms with Gasteiger partial charge >= 0.3 is 0 Å². The molecule has 1 N–H and O–H groups in total. The van der Waals surface area contributed by atoms with Gasteiger partial charge in [-0.2, -0.15) is 0 Å². The van der Waals surface area contributed by atoms with Gasteiger partial charge in [0.25, 0.3) is 5.91 Å². The Labute approximate surface area is 97.7 Å². The van der Waals surface area contributed by atoms with Crippen LogP contribution in [-0.4, -0.2) is 10.9 Å². The van der Waals surface area contributed by atoms with Crippen LogP contribution < -0.4 is 5.32 Å². The van der Waals surface area contributed by atoms with Crippen LogP contribution in [0.1, 0.15) is 29.4 Å². The maximum Gasteiger partial charge on any atom is 0.257 e. The van der Waals surface area contributed by atoms with Gasteiger partial charge in [0.1, 0.15) is 0 Å². The molecular weight excluding hydrogens is 256 g/mol. The van der Waals surface area contributed by atoms with Crippen LogP contribution in [0.15, 0.2) is 29.0 Å². The number of aryl methyl sites for hydroxylation is 1. The van der Waals surface area contributed by atoms with Crippen molar-refractivity contribution in [1.29, 1.82) is 0 Å². The van der Waals surface area contributed by atoms with Crippen molar-refractivity contribution in [2.45, 2.75) is 20.3 Å². The van der Waals surface area contributed by atoms with Crippen molar-refractivity contribution in [3.8, 4) is 0 Å². The van der Waals surface area contributed by atoms with Crippen LogP contribution in [0.3, 0.4) is 0 Å². The summed E-state index contributed by atoms with van der Waals surface area (Å²) in [6, 6.07) is 1.75. The minimum Gasteiger partial charge on any atom is -0.326 e. The molecular formula is C11H13BrN2O. The Bertz CT molecular complexity index is 402. The summed E-state index contributed by atoms with van der Waals surface area (Å²) in [7, 11) is 0. The molecule has 0 aliphatic carbocycles. The van der Waals surface area contributed by atoms with E-state index in [1.54, 1.807) is 19.2 Å². The molecule has 0 aromatic carbocycles. The van der Waals surface area contributed by atoms with Crippen molar-refractivity contribution < 1.29 is 4.79 Å². The van der Waals surface area contributed by atoms with Crippen LogP contribution in [0.2, 0.25) is 0 Å². The lowest BCUT2D eigenvalue weighted by Gasteiger charge is -2.08. The van der Waals surface area contributed by atoms with Crippen LogP contribution in [0, 0.1) is 6.92 Å². The van der Waals surface area contributed by atoms with E-state index in [-0.39, 0.29) is 5.91 Å². The van der Waals surface area contributed by atoms with Crippen LogP contribution in [0.4, 0.5) is 0 Å². The molecule has 0 radical (unpaired) electrons. The van der Waals surface area contributed by atoms with Gasteiger partial charge in [-0.1, -0.05) is 13.5 Å². The van der Waals surface area contributed by atoms with Crippen molar-refractivity contribution in [3.63, 3.8) is 0 Å². The monoisotopic (exact) mass is 268 g/mol. The first kappa shape index (κ1) is 11.9. The van der Waals surface area contributed by atoms with E-state index in [1.165, 1.54) is 0 Å². The van der Waals surface area contributed by atoms with Gasteiger partial charge in [-0.3, -0.25) is 9.78 Å². The molecule has 1 aromatic heterocycles. The van der Waals surface area contributed by atoms with Crippen molar-refractivity contribution in [1.82, 2.24) is 10.3 Å². The highest BCUT2D eigenvalue weighted by Crippen LogP contribution is 2.13. The average molecular weight is 269 g/mol. The Morgan fingerprint density at radius 3 is 2.93 bits per heavy atom. The van der Waals surface area contributed by atoms with Crippen molar-refractivity contribution in [2.24, 2.45) is 0 Å². The molecule has 0 saturated carbocycles. The molecule has 80 valence electrons. The lowest BCUT2D eigenvalue weighted by Crippen LogP contribution is -2.23. The van der Waals surface area contributed by atoms with Crippen molar-refractivity contribution >= 4 is 21.8 Å². The fourth-order valence-corrected chi connectivity index (χ4v) is 1.39. The van der Waals surface area contributed by atoms with E-state index in [0.29, 0.717) is 17.0 Å². The van der Waals surface area contributed by atoms with E-state index in [4.69, 9.17) is 0 Å². The number of carbonyl (C=O) groups is 1. The summed E-state index contributed by atoms with van der Waals surface area (Å²) >= 11 is 3.28. The third kappa shape index (κ3) is 3.16. The number of hydrogen-bond donors (Lipinski definition) is 1. The molecule has 1 rings (SSSR count). The number of pyridine rings is 1. The van der Waals surface area contributed by atoms with E-state index >= 15 is 0 Å². The summed E-state index contributed by atoms with van der Waals surface area (Å²) in [6.45, 7) is 7.47. The number of hydrogen-bond acceptors (Lipinski definition) is 2. The van der Waals surface area contributed by atoms with Gasteiger partial charge in [-0.05, 0) is 35.3 Å². The average Bonchev–Trinajstić information content (AvgIpc) is 2.21. The molecule has 1 heterocycles. The van der Waals surface area contributed by atoms with Crippen LogP contribution >= 0.6 is 15.9 Å². The quantitative estimate of drug-likeness (QED) is 0.916. The molecule has 1 aromatic rings. The molecule has 0 spiro atoms. The summed E-state index contributed by atoms with van der Waals surface area (Å²) in [6.07, 6.45) is 2.40. The van der Waals surface area contributed by atoms with E-state index < -0.39 is 0 Å². The number of aromatic nitrogens is 1. The second kappa shape index (κ2) is 5.07. The van der Waals surface area contributed by atoms with Gasteiger partial charge in [-0.25, -0.2) is 0 Å². The van der Waals surface area contributed by atoms with Gasteiger partial charge in [0.15, 0.2) is 0 Å². The number of rotatable bonds is 3. The standard InChI is InChI=1S/C11H13BrN2O/c1-4-7(2)14-11(15)10-5-9(12)6-13-8(10)3/h5-6H,2,4H2,1,3H3,(H,14,15). The third-order valence-corrected chi connectivity index (χ3v) is 2.45. The molecule has 0 bridgehead atoms. The Hall–Kier alpha value is -1.16. The molecule has 1 amide bonds. The van der Waals surface area contributed by atoms with Gasteiger partial charge in [0, 0.05) is 16.4 Å². The molecule has 0 aliphatic heterocycles. The normalized spacial score (nSPS) is 9.80. The zero-order valence-electron chi connectivity index (χ0n) is 8.80. The fourth-order valence-electron chi connectivity index (χ4n) is 1.05. The summed E-state index contributed by atoms with van der Waals surface area (Å²) < 4.78 is 0.792. The van der Waals surface area contributed by atoms with Crippen molar-refractivity contribution in [3.05, 3.63) is 40.3 Å². The summed E-state index contributed by atoms with van der Waals surface area (Å²) in [5, 5.41) is 2.72. The Morgan fingerprint density at radius 1 is 1.67 bits per heavy atom. The maximum atomic E-state index is 11.8. The summed E-state index contributed by atoms with van der Waals surface area (Å²) in [5.74, 6) is -0.159. The zero-order valence-corrected chi connectivity index (χ0v) is 10.4. The topological polar surface area (TPSA) is 42.0 Å². The molecule has 0 unspecified atom stereocenters. The number of nitrogens with one attached hydrogen (secondary N) is 1. The minimum absolute atomic E-state index is 0.159. The van der Waals surface area contributed by atoms with Crippen molar-refractivity contribution in [2.75, 3.05) is 0 Å². The highest BCUT2D eigenvalue weighted by molar-refractivity contribution is 9.10. The molecule has 15 heavy (non-hydrogen) atoms. The van der Waals surface area contributed by atoms with Gasteiger partial charge in [-0.15, -0.1) is 0 Å². The highest BCUT2D eigenvalue weighted by atomic mass is 79.9. The first-order valence-corrected chi connectivity index (χ1v) is 5.45. The van der Waals surface area contributed by atoms with Gasteiger partial charge < -0.3 is 5.32 Å². The number of carbonyl (C=O) groups excluding carboxylic acids is 1. The number of halogens is 1. The summed E-state index contributed by atoms with van der Waals surface area (Å²) in [4.78, 5) is 15.8. The smallest absolute Gasteiger partial charge is 0.257 e. The molecule has 0 atom stereocenters. The Balaban J connectivity index is 2.91. The second-order valence-corrected chi connectivity index (χ2v) is 4.11. The Morgan fingerprint density at radius 2 is 2.33 bits per heavy atom. The fraction of sp³-hybridized carbons (Fsp3) is 0.273. The van der Waals surface area contributed by atoms with E-state index in [2.05, 4.69) is 32.8 Å². The number of nitrogens with zero attached hydrogens (tertiary/aromatic N) is 1. The summed E-state index contributed by atoms with van der Waals surface area (Å²) in [5.41, 5.74) is 1.98. The molecule has 3 nitrogen and oxygen atoms in total. The lowest BCUT2D eigenvalue weighted by atomic mass is 10.2. The zero-order chi connectivity index (χ0) is 11.4. The molecule has 0 saturated heterocycles. The van der Waals surface area contributed by atoms with Crippen LogP contribution in [0.25, 0.3) is 0 Å². The first-order chi connectivity index (χ1) is 7.04. The molecule has 0 fully saturated rings. The largest absolute Gasteiger partial charge is 0.326 e. The first-order valence-electron chi connectivity index (χ1n) is 4.66. The lowest BCUT2D eigenvalue weighted by molar-refractivity contribution is 0.0964. The second-order valence-electron chi connectivity index (χ2n) is 3.20. The van der Waals surface area contributed by atoms with Crippen LogP contribution in [-0.2, 0) is 0 Å². The third-order valence-electron chi connectivity index (χ3n) is 2.02. The molecule has 0 aliphatic rings. The highest BCUT2D eigenvalue weighted by Gasteiger charge is 2.10. The van der Waals surface area contributed by atoms with Gasteiger partial charge in [0.05, 0.1) is 11.3 Å².